The second kappa shape index (κ2) is 6.58. The van der Waals surface area contributed by atoms with Crippen LogP contribution >= 0.6 is 0 Å². The number of rotatable bonds is 3. The van der Waals surface area contributed by atoms with Gasteiger partial charge in [-0.15, -0.1) is 0 Å². The maximum Gasteiger partial charge on any atom is 0.363 e. The molecule has 0 aliphatic carbocycles. The summed E-state index contributed by atoms with van der Waals surface area (Å²) < 4.78 is 0. The number of carboxylic acid groups (broad SMARTS) is 2. The van der Waals surface area contributed by atoms with Crippen molar-refractivity contribution in [3.05, 3.63) is 0 Å². The molecule has 9 nitrogen and oxygen atoms in total. The number of likely N-dealkylation sites (N-methyl/N-ethyl adjacent to an activating group) is 1. The Morgan fingerprint density at radius 3 is 1.75 bits per heavy atom. The van der Waals surface area contributed by atoms with Crippen LogP contribution < -0.4 is 5.73 Å². The van der Waals surface area contributed by atoms with Crippen molar-refractivity contribution >= 4 is 17.9 Å². The lowest BCUT2D eigenvalue weighted by Crippen LogP contribution is -2.36. The summed E-state index contributed by atoms with van der Waals surface area (Å²) in [6.45, 7) is 0.546. The number of nitrogens with zero attached hydrogens (tertiary/aromatic N) is 1. The summed E-state index contributed by atoms with van der Waals surface area (Å²) in [6, 6.07) is 0. The zero-order valence-corrected chi connectivity index (χ0v) is 8.84. The molecule has 0 rings (SSSR count). The van der Waals surface area contributed by atoms with Gasteiger partial charge in [-0.05, 0) is 0 Å². The Kier molecular flexibility index (Phi) is 6.81. The number of carboxylic acids is 2. The van der Waals surface area contributed by atoms with Crippen LogP contribution in [0.3, 0.4) is 0 Å². The van der Waals surface area contributed by atoms with E-state index in [0.29, 0.717) is 0 Å². The molecule has 0 spiro atoms. The number of nitrogens with one attached hydrogen (secondary N) is 1. The van der Waals surface area contributed by atoms with Crippen LogP contribution in [0.25, 0.3) is 0 Å². The molecule has 0 aliphatic heterocycles. The van der Waals surface area contributed by atoms with Gasteiger partial charge in [0.1, 0.15) is 6.54 Å². The van der Waals surface area contributed by atoms with Crippen LogP contribution in [-0.4, -0.2) is 62.6 Å². The zero-order valence-electron chi connectivity index (χ0n) is 8.84. The Morgan fingerprint density at radius 2 is 1.69 bits per heavy atom. The number of aliphatic hydroxyl groups is 2. The van der Waals surface area contributed by atoms with E-state index in [1.54, 1.807) is 0 Å². The lowest BCUT2D eigenvalue weighted by Gasteiger charge is -2.12. The van der Waals surface area contributed by atoms with Gasteiger partial charge >= 0.3 is 11.9 Å². The summed E-state index contributed by atoms with van der Waals surface area (Å²) in [7, 11) is 1.44. The monoisotopic (exact) mass is 237 g/mol. The summed E-state index contributed by atoms with van der Waals surface area (Å²) in [5, 5.41) is 38.7. The molecule has 94 valence electrons. The fourth-order valence-electron chi connectivity index (χ4n) is 0.288. The van der Waals surface area contributed by atoms with Gasteiger partial charge in [0.05, 0.1) is 0 Å². The highest BCUT2D eigenvalue weighted by molar-refractivity contribution is 5.80. The van der Waals surface area contributed by atoms with Gasteiger partial charge in [0, 0.05) is 14.0 Å². The third-order valence-corrected chi connectivity index (χ3v) is 1.19. The van der Waals surface area contributed by atoms with Crippen LogP contribution in [0.5, 0.6) is 0 Å². The molecule has 0 unspecified atom stereocenters. The fraction of sp³-hybridized carbons (Fsp3) is 0.571. The van der Waals surface area contributed by atoms with Crippen molar-refractivity contribution < 1.29 is 30.0 Å². The van der Waals surface area contributed by atoms with E-state index in [0.717, 1.165) is 11.8 Å². The summed E-state index contributed by atoms with van der Waals surface area (Å²) in [6.07, 6.45) is 0. The lowest BCUT2D eigenvalue weighted by molar-refractivity contribution is -0.196. The van der Waals surface area contributed by atoms with Gasteiger partial charge in [0.2, 0.25) is 0 Å². The summed E-state index contributed by atoms with van der Waals surface area (Å²) >= 11 is 0. The van der Waals surface area contributed by atoms with Crippen molar-refractivity contribution in [1.82, 2.24) is 4.90 Å². The minimum absolute atomic E-state index is 0.227. The van der Waals surface area contributed by atoms with E-state index in [2.05, 4.69) is 0 Å². The molecule has 16 heavy (non-hydrogen) atoms. The first-order valence-electron chi connectivity index (χ1n) is 3.93. The maximum atomic E-state index is 9.92. The van der Waals surface area contributed by atoms with Crippen molar-refractivity contribution in [2.75, 3.05) is 13.6 Å². The van der Waals surface area contributed by atoms with Crippen LogP contribution in [0.1, 0.15) is 6.92 Å². The smallest absolute Gasteiger partial charge is 0.363 e. The first-order valence-corrected chi connectivity index (χ1v) is 3.93. The molecule has 7 N–H and O–H groups in total. The maximum absolute atomic E-state index is 9.92. The number of guanidine groups is 1. The summed E-state index contributed by atoms with van der Waals surface area (Å²) in [5.41, 5.74) is 4.93. The Labute approximate surface area is 91.2 Å². The Balaban J connectivity index is 0. The van der Waals surface area contributed by atoms with E-state index in [-0.39, 0.29) is 12.5 Å². The molecule has 0 radical (unpaired) electrons. The van der Waals surface area contributed by atoms with Crippen LogP contribution in [0.15, 0.2) is 0 Å². The van der Waals surface area contributed by atoms with Gasteiger partial charge in [-0.25, -0.2) is 4.79 Å². The predicted molar refractivity (Wildman–Crippen MR) is 52.7 cm³/mol. The van der Waals surface area contributed by atoms with Crippen molar-refractivity contribution in [3.8, 4) is 0 Å². The highest BCUT2D eigenvalue weighted by atomic mass is 16.5. The van der Waals surface area contributed by atoms with Crippen LogP contribution in [0.4, 0.5) is 0 Å². The Morgan fingerprint density at radius 1 is 1.38 bits per heavy atom. The van der Waals surface area contributed by atoms with Gasteiger partial charge in [-0.1, -0.05) is 0 Å². The zero-order chi connectivity index (χ0) is 13.5. The molecule has 0 amide bonds. The predicted octanol–water partition coefficient (Wildman–Crippen LogP) is -2.33. The molecule has 0 heterocycles. The molecule has 0 aromatic carbocycles. The molecule has 9 heteroatoms. The largest absolute Gasteiger partial charge is 0.480 e. The molecular weight excluding hydrogens is 222 g/mol. The first-order chi connectivity index (χ1) is 6.98. The lowest BCUT2D eigenvalue weighted by atomic mass is 10.3. The summed E-state index contributed by atoms with van der Waals surface area (Å²) in [4.78, 5) is 20.6. The molecule has 0 atom stereocenters. The van der Waals surface area contributed by atoms with Crippen molar-refractivity contribution in [3.63, 3.8) is 0 Å². The van der Waals surface area contributed by atoms with E-state index in [9.17, 15) is 9.59 Å². The molecule has 0 saturated heterocycles. The highest BCUT2D eigenvalue weighted by Crippen LogP contribution is 1.93. The molecular formula is C7H15N3O6. The standard InChI is InChI=1S/C4H9N3O2.C3H6O4/c1-7(4(5)6)2-3(8)9;1-3(6,7)2(4)5/h2H2,1H3,(H3,5,6)(H,8,9);6-7H,1H3,(H,4,5). The van der Waals surface area contributed by atoms with E-state index >= 15 is 0 Å². The van der Waals surface area contributed by atoms with Gasteiger partial charge in [-0.2, -0.15) is 0 Å². The van der Waals surface area contributed by atoms with Gasteiger partial charge in [0.15, 0.2) is 5.96 Å². The number of hydrogen-bond acceptors (Lipinski definition) is 5. The normalized spacial score (nSPS) is 9.75. The first kappa shape index (κ1) is 16.6. The van der Waals surface area contributed by atoms with Crippen molar-refractivity contribution in [1.29, 1.82) is 5.41 Å². The topological polar surface area (TPSA) is 168 Å². The number of nitrogens with two attached hydrogens (primary N) is 1. The average molecular weight is 237 g/mol. The minimum atomic E-state index is -2.58. The van der Waals surface area contributed by atoms with E-state index < -0.39 is 17.7 Å². The molecule has 0 saturated carbocycles. The van der Waals surface area contributed by atoms with Crippen LogP contribution in [0.2, 0.25) is 0 Å². The Hall–Kier alpha value is -1.87. The second-order valence-electron chi connectivity index (χ2n) is 2.96. The molecule has 0 bridgehead atoms. The minimum Gasteiger partial charge on any atom is -0.480 e. The number of hydrogen-bond donors (Lipinski definition) is 6. The van der Waals surface area contributed by atoms with Crippen LogP contribution in [0, 0.1) is 5.41 Å². The second-order valence-corrected chi connectivity index (χ2v) is 2.96. The van der Waals surface area contributed by atoms with Crippen molar-refractivity contribution in [2.24, 2.45) is 5.73 Å². The third kappa shape index (κ3) is 10.2. The molecule has 0 aliphatic rings. The SMILES string of the molecule is CC(O)(O)C(=O)O.CN(CC(=O)O)C(=N)N. The molecule has 0 fully saturated rings. The average Bonchev–Trinajstić information content (AvgIpc) is 2.01. The van der Waals surface area contributed by atoms with E-state index in [1.807, 2.05) is 0 Å². The highest BCUT2D eigenvalue weighted by Gasteiger charge is 2.24. The van der Waals surface area contributed by atoms with Crippen molar-refractivity contribution in [2.45, 2.75) is 12.7 Å². The number of carbonyl (C=O) groups is 2. The Bertz CT molecular complexity index is 272. The van der Waals surface area contributed by atoms with Gasteiger partial charge in [0.25, 0.3) is 5.79 Å². The molecule has 0 aromatic heterocycles. The third-order valence-electron chi connectivity index (χ3n) is 1.19. The quantitative estimate of drug-likeness (QED) is 0.180. The van der Waals surface area contributed by atoms with Gasteiger partial charge in [-0.3, -0.25) is 10.2 Å². The number of aliphatic carboxylic acids is 2. The fourth-order valence-corrected chi connectivity index (χ4v) is 0.288. The molecule has 0 aromatic rings. The summed E-state index contributed by atoms with van der Waals surface area (Å²) in [5.74, 6) is -5.46. The van der Waals surface area contributed by atoms with E-state index in [1.165, 1.54) is 7.05 Å². The van der Waals surface area contributed by atoms with E-state index in [4.69, 9.17) is 31.6 Å². The van der Waals surface area contributed by atoms with Gasteiger partial charge < -0.3 is 31.1 Å². The van der Waals surface area contributed by atoms with Crippen LogP contribution in [-0.2, 0) is 9.59 Å².